The van der Waals surface area contributed by atoms with E-state index < -0.39 is 18.1 Å². The SMILES string of the molecule is CC(C)C(NC(=O)OCC1c2ccccc2-c2ccccc21)C(=O)N1CCC(OCC(=O)O)CC1. The molecule has 35 heavy (non-hydrogen) atoms. The van der Waals surface area contributed by atoms with E-state index in [1.165, 1.54) is 0 Å². The molecule has 1 heterocycles. The Morgan fingerprint density at radius 1 is 1.00 bits per heavy atom. The van der Waals surface area contributed by atoms with E-state index in [1.54, 1.807) is 4.90 Å². The Balaban J connectivity index is 1.34. The molecular weight excluding hydrogens is 448 g/mol. The van der Waals surface area contributed by atoms with E-state index in [0.29, 0.717) is 25.9 Å². The van der Waals surface area contributed by atoms with Crippen LogP contribution in [-0.2, 0) is 19.1 Å². The van der Waals surface area contributed by atoms with Gasteiger partial charge in [0, 0.05) is 19.0 Å². The third kappa shape index (κ3) is 5.65. The van der Waals surface area contributed by atoms with Crippen LogP contribution in [0.2, 0.25) is 0 Å². The molecule has 1 atom stereocenters. The molecule has 0 radical (unpaired) electrons. The van der Waals surface area contributed by atoms with Gasteiger partial charge in [-0.15, -0.1) is 0 Å². The lowest BCUT2D eigenvalue weighted by molar-refractivity contribution is -0.147. The highest BCUT2D eigenvalue weighted by Crippen LogP contribution is 2.44. The summed E-state index contributed by atoms with van der Waals surface area (Å²) in [6.07, 6.45) is 0.338. The third-order valence-electron chi connectivity index (χ3n) is 6.75. The molecule has 0 bridgehead atoms. The summed E-state index contributed by atoms with van der Waals surface area (Å²) < 4.78 is 11.0. The molecule has 0 saturated carbocycles. The lowest BCUT2D eigenvalue weighted by Gasteiger charge is -2.35. The Hall–Kier alpha value is -3.39. The molecule has 2 amide bonds. The van der Waals surface area contributed by atoms with E-state index >= 15 is 0 Å². The second-order valence-electron chi connectivity index (χ2n) is 9.42. The van der Waals surface area contributed by atoms with Crippen molar-refractivity contribution in [3.8, 4) is 11.1 Å². The predicted molar refractivity (Wildman–Crippen MR) is 130 cm³/mol. The number of alkyl carbamates (subject to hydrolysis) is 1. The van der Waals surface area contributed by atoms with Gasteiger partial charge in [0.1, 0.15) is 19.3 Å². The number of nitrogens with one attached hydrogen (secondary N) is 1. The van der Waals surface area contributed by atoms with Crippen LogP contribution in [0.15, 0.2) is 48.5 Å². The number of rotatable bonds is 8. The summed E-state index contributed by atoms with van der Waals surface area (Å²) in [6, 6.07) is 15.6. The maximum atomic E-state index is 13.2. The van der Waals surface area contributed by atoms with Gasteiger partial charge in [-0.2, -0.15) is 0 Å². The third-order valence-corrected chi connectivity index (χ3v) is 6.75. The highest BCUT2D eigenvalue weighted by Gasteiger charge is 2.33. The average Bonchev–Trinajstić information content (AvgIpc) is 3.18. The van der Waals surface area contributed by atoms with Crippen molar-refractivity contribution in [3.63, 3.8) is 0 Å². The number of piperidine rings is 1. The number of likely N-dealkylation sites (tertiary alicyclic amines) is 1. The molecule has 2 N–H and O–H groups in total. The van der Waals surface area contributed by atoms with E-state index in [9.17, 15) is 14.4 Å². The number of carboxylic acid groups (broad SMARTS) is 1. The Labute approximate surface area is 205 Å². The van der Waals surface area contributed by atoms with Gasteiger partial charge in [0.2, 0.25) is 5.91 Å². The molecule has 1 aliphatic carbocycles. The molecule has 2 aromatic carbocycles. The quantitative estimate of drug-likeness (QED) is 0.598. The summed E-state index contributed by atoms with van der Waals surface area (Å²) in [4.78, 5) is 38.3. The minimum Gasteiger partial charge on any atom is -0.480 e. The molecule has 0 spiro atoms. The van der Waals surface area contributed by atoms with Crippen molar-refractivity contribution >= 4 is 18.0 Å². The first-order valence-corrected chi connectivity index (χ1v) is 12.1. The monoisotopic (exact) mass is 480 g/mol. The zero-order chi connectivity index (χ0) is 24.9. The van der Waals surface area contributed by atoms with Crippen LogP contribution in [0.25, 0.3) is 11.1 Å². The molecule has 8 nitrogen and oxygen atoms in total. The Kier molecular flexibility index (Phi) is 7.70. The molecule has 1 aliphatic heterocycles. The van der Waals surface area contributed by atoms with Gasteiger partial charge in [-0.25, -0.2) is 9.59 Å². The van der Waals surface area contributed by atoms with E-state index in [2.05, 4.69) is 29.6 Å². The van der Waals surface area contributed by atoms with Gasteiger partial charge in [-0.1, -0.05) is 62.4 Å². The zero-order valence-corrected chi connectivity index (χ0v) is 20.1. The van der Waals surface area contributed by atoms with Crippen LogP contribution in [0, 0.1) is 5.92 Å². The Bertz CT molecular complexity index is 1030. The molecule has 8 heteroatoms. The van der Waals surface area contributed by atoms with Gasteiger partial charge in [-0.05, 0) is 41.0 Å². The largest absolute Gasteiger partial charge is 0.480 e. The molecule has 1 fully saturated rings. The maximum absolute atomic E-state index is 13.2. The van der Waals surface area contributed by atoms with E-state index in [1.807, 2.05) is 38.1 Å². The van der Waals surface area contributed by atoms with Crippen molar-refractivity contribution in [1.29, 1.82) is 0 Å². The average molecular weight is 481 g/mol. The predicted octanol–water partition coefficient (Wildman–Crippen LogP) is 3.64. The highest BCUT2D eigenvalue weighted by molar-refractivity contribution is 5.86. The van der Waals surface area contributed by atoms with Crippen molar-refractivity contribution < 1.29 is 29.0 Å². The number of carbonyl (C=O) groups is 3. The molecule has 186 valence electrons. The molecule has 0 aromatic heterocycles. The molecule has 1 saturated heterocycles. The number of amides is 2. The minimum atomic E-state index is -1.00. The zero-order valence-electron chi connectivity index (χ0n) is 20.1. The summed E-state index contributed by atoms with van der Waals surface area (Å²) in [5.41, 5.74) is 4.57. The van der Waals surface area contributed by atoms with Crippen LogP contribution in [0.5, 0.6) is 0 Å². The van der Waals surface area contributed by atoms with Crippen LogP contribution in [0.4, 0.5) is 4.79 Å². The first-order chi connectivity index (χ1) is 16.8. The maximum Gasteiger partial charge on any atom is 0.407 e. The second-order valence-corrected chi connectivity index (χ2v) is 9.42. The van der Waals surface area contributed by atoms with Gasteiger partial charge in [-0.3, -0.25) is 4.79 Å². The van der Waals surface area contributed by atoms with Crippen LogP contribution in [-0.4, -0.2) is 66.4 Å². The summed E-state index contributed by atoms with van der Waals surface area (Å²) in [7, 11) is 0. The summed E-state index contributed by atoms with van der Waals surface area (Å²) in [6.45, 7) is 4.53. The van der Waals surface area contributed by atoms with Gasteiger partial charge in [0.25, 0.3) is 0 Å². The van der Waals surface area contributed by atoms with E-state index in [4.69, 9.17) is 14.6 Å². The molecule has 1 unspecified atom stereocenters. The van der Waals surface area contributed by atoms with Crippen molar-refractivity contribution in [2.24, 2.45) is 5.92 Å². The van der Waals surface area contributed by atoms with Crippen LogP contribution < -0.4 is 5.32 Å². The fourth-order valence-corrected chi connectivity index (χ4v) is 4.91. The molecule has 4 rings (SSSR count). The van der Waals surface area contributed by atoms with Gasteiger partial charge >= 0.3 is 12.1 Å². The molecular formula is C27H32N2O6. The van der Waals surface area contributed by atoms with Crippen LogP contribution in [0.3, 0.4) is 0 Å². The first-order valence-electron chi connectivity index (χ1n) is 12.1. The number of carboxylic acids is 1. The molecule has 2 aromatic rings. The smallest absolute Gasteiger partial charge is 0.407 e. The highest BCUT2D eigenvalue weighted by atomic mass is 16.5. The number of hydrogen-bond donors (Lipinski definition) is 2. The fourth-order valence-electron chi connectivity index (χ4n) is 4.91. The van der Waals surface area contributed by atoms with Crippen molar-refractivity contribution in [3.05, 3.63) is 59.7 Å². The number of fused-ring (bicyclic) bond motifs is 3. The minimum absolute atomic E-state index is 0.0498. The fraction of sp³-hybridized carbons (Fsp3) is 0.444. The molecule has 2 aliphatic rings. The normalized spacial score (nSPS) is 16.5. The van der Waals surface area contributed by atoms with Crippen LogP contribution >= 0.6 is 0 Å². The number of carbonyl (C=O) groups excluding carboxylic acids is 2. The first kappa shape index (κ1) is 24.7. The number of benzene rings is 2. The number of nitrogens with zero attached hydrogens (tertiary/aromatic N) is 1. The topological polar surface area (TPSA) is 105 Å². The van der Waals surface area contributed by atoms with Crippen molar-refractivity contribution in [2.75, 3.05) is 26.3 Å². The van der Waals surface area contributed by atoms with Gasteiger partial charge in [0.05, 0.1) is 6.10 Å². The number of ether oxygens (including phenoxy) is 2. The Morgan fingerprint density at radius 2 is 1.57 bits per heavy atom. The number of aliphatic carboxylic acids is 1. The Morgan fingerprint density at radius 3 is 2.11 bits per heavy atom. The van der Waals surface area contributed by atoms with Crippen LogP contribution in [0.1, 0.15) is 43.7 Å². The number of hydrogen-bond acceptors (Lipinski definition) is 5. The van der Waals surface area contributed by atoms with E-state index in [-0.39, 0.29) is 37.1 Å². The second kappa shape index (κ2) is 10.9. The summed E-state index contributed by atoms with van der Waals surface area (Å²) in [5, 5.41) is 11.5. The lowest BCUT2D eigenvalue weighted by atomic mass is 9.98. The van der Waals surface area contributed by atoms with Gasteiger partial charge < -0.3 is 24.8 Å². The standard InChI is InChI=1S/C27H32N2O6/c1-17(2)25(26(32)29-13-11-18(12-14-29)34-16-24(30)31)28-27(33)35-15-23-21-9-5-3-7-19(21)20-8-4-6-10-22(20)23/h3-10,17-18,23,25H,11-16H2,1-2H3,(H,28,33)(H,30,31). The van der Waals surface area contributed by atoms with Gasteiger partial charge in [0.15, 0.2) is 0 Å². The summed E-state index contributed by atoms with van der Waals surface area (Å²) >= 11 is 0. The summed E-state index contributed by atoms with van der Waals surface area (Å²) in [5.74, 6) is -1.34. The lowest BCUT2D eigenvalue weighted by Crippen LogP contribution is -2.53. The van der Waals surface area contributed by atoms with Crippen molar-refractivity contribution in [1.82, 2.24) is 10.2 Å². The van der Waals surface area contributed by atoms with Crippen molar-refractivity contribution in [2.45, 2.75) is 44.8 Å². The van der Waals surface area contributed by atoms with E-state index in [0.717, 1.165) is 22.3 Å².